The lowest BCUT2D eigenvalue weighted by atomic mass is 10.2. The molecule has 0 atom stereocenters. The van der Waals surface area contributed by atoms with E-state index >= 15 is 0 Å². The van der Waals surface area contributed by atoms with Crippen LogP contribution < -0.4 is 5.56 Å². The van der Waals surface area contributed by atoms with Gasteiger partial charge in [-0.1, -0.05) is 17.7 Å². The fourth-order valence-electron chi connectivity index (χ4n) is 1.58. The summed E-state index contributed by atoms with van der Waals surface area (Å²) in [6.07, 6.45) is 1.43. The van der Waals surface area contributed by atoms with Crippen LogP contribution >= 0.6 is 27.5 Å². The molecule has 0 spiro atoms. The highest BCUT2D eigenvalue weighted by Gasteiger charge is 2.11. The van der Waals surface area contributed by atoms with Gasteiger partial charge in [-0.15, -0.1) is 0 Å². The maximum absolute atomic E-state index is 13.7. The van der Waals surface area contributed by atoms with Crippen LogP contribution in [0, 0.1) is 12.7 Å². The first-order valence-electron chi connectivity index (χ1n) is 5.15. The van der Waals surface area contributed by atoms with Crippen molar-refractivity contribution in [2.75, 3.05) is 0 Å². The molecule has 2 aromatic rings. The smallest absolute Gasteiger partial charge is 0.268 e. The molecule has 2 rings (SSSR count). The van der Waals surface area contributed by atoms with Crippen molar-refractivity contribution in [3.8, 4) is 0 Å². The minimum absolute atomic E-state index is 0.0581. The minimum Gasteiger partial charge on any atom is -0.291 e. The molecular formula is C12H9BrClFN2O. The van der Waals surface area contributed by atoms with E-state index in [1.165, 1.54) is 22.9 Å². The molecule has 0 amide bonds. The third-order valence-corrected chi connectivity index (χ3v) is 3.48. The first-order chi connectivity index (χ1) is 8.50. The number of aromatic nitrogens is 2. The zero-order valence-electron chi connectivity index (χ0n) is 9.45. The van der Waals surface area contributed by atoms with Crippen molar-refractivity contribution >= 4 is 27.5 Å². The standard InChI is InChI=1S/C12H9BrClFN2O/c1-7-16-5-9(13)12(18)17(7)6-8-10(14)3-2-4-11(8)15/h2-5H,6H2,1H3. The van der Waals surface area contributed by atoms with E-state index in [4.69, 9.17) is 11.6 Å². The third kappa shape index (κ3) is 2.47. The molecule has 18 heavy (non-hydrogen) atoms. The Morgan fingerprint density at radius 3 is 2.89 bits per heavy atom. The van der Waals surface area contributed by atoms with Gasteiger partial charge in [-0.25, -0.2) is 9.37 Å². The zero-order valence-corrected chi connectivity index (χ0v) is 11.8. The van der Waals surface area contributed by atoms with Crippen LogP contribution in [0.25, 0.3) is 0 Å². The molecule has 0 radical (unpaired) electrons. The van der Waals surface area contributed by atoms with E-state index in [9.17, 15) is 9.18 Å². The third-order valence-electron chi connectivity index (χ3n) is 2.58. The van der Waals surface area contributed by atoms with E-state index in [0.717, 1.165) is 0 Å². The molecule has 1 aromatic carbocycles. The van der Waals surface area contributed by atoms with Crippen molar-refractivity contribution < 1.29 is 4.39 Å². The van der Waals surface area contributed by atoms with E-state index in [1.54, 1.807) is 13.0 Å². The van der Waals surface area contributed by atoms with Crippen LogP contribution in [0.1, 0.15) is 11.4 Å². The molecule has 0 fully saturated rings. The van der Waals surface area contributed by atoms with Crippen molar-refractivity contribution in [3.05, 3.63) is 61.5 Å². The van der Waals surface area contributed by atoms with Crippen molar-refractivity contribution in [3.63, 3.8) is 0 Å². The van der Waals surface area contributed by atoms with Crippen LogP contribution in [0.4, 0.5) is 4.39 Å². The highest BCUT2D eigenvalue weighted by molar-refractivity contribution is 9.10. The number of hydrogen-bond donors (Lipinski definition) is 0. The Labute approximate surface area is 116 Å². The summed E-state index contributed by atoms with van der Waals surface area (Å²) < 4.78 is 15.4. The van der Waals surface area contributed by atoms with Gasteiger partial charge < -0.3 is 0 Å². The number of benzene rings is 1. The Kier molecular flexibility index (Phi) is 3.82. The molecule has 0 unspecified atom stereocenters. The fourth-order valence-corrected chi connectivity index (χ4v) is 2.12. The van der Waals surface area contributed by atoms with Gasteiger partial charge in [0, 0.05) is 16.8 Å². The quantitative estimate of drug-likeness (QED) is 0.847. The molecule has 0 aliphatic carbocycles. The van der Waals surface area contributed by atoms with Gasteiger partial charge in [0.05, 0.1) is 6.54 Å². The van der Waals surface area contributed by atoms with Gasteiger partial charge >= 0.3 is 0 Å². The summed E-state index contributed by atoms with van der Waals surface area (Å²) in [5, 5.41) is 0.293. The average Bonchev–Trinajstić information content (AvgIpc) is 2.33. The second-order valence-electron chi connectivity index (χ2n) is 3.74. The molecule has 1 heterocycles. The molecule has 3 nitrogen and oxygen atoms in total. The summed E-state index contributed by atoms with van der Waals surface area (Å²) >= 11 is 9.04. The number of halogens is 3. The first kappa shape index (κ1) is 13.2. The molecule has 6 heteroatoms. The molecule has 0 aliphatic rings. The van der Waals surface area contributed by atoms with Crippen molar-refractivity contribution in [2.24, 2.45) is 0 Å². The van der Waals surface area contributed by atoms with Crippen LogP contribution in [0.2, 0.25) is 5.02 Å². The van der Waals surface area contributed by atoms with Crippen LogP contribution in [0.15, 0.2) is 33.7 Å². The Bertz CT molecular complexity index is 637. The lowest BCUT2D eigenvalue weighted by molar-refractivity contribution is 0.589. The number of rotatable bonds is 2. The van der Waals surface area contributed by atoms with Gasteiger partial charge in [-0.2, -0.15) is 0 Å². The van der Waals surface area contributed by atoms with E-state index in [2.05, 4.69) is 20.9 Å². The number of nitrogens with zero attached hydrogens (tertiary/aromatic N) is 2. The monoisotopic (exact) mass is 330 g/mol. The maximum atomic E-state index is 13.7. The fraction of sp³-hybridized carbons (Fsp3) is 0.167. The molecule has 1 aromatic heterocycles. The Morgan fingerprint density at radius 2 is 2.22 bits per heavy atom. The topological polar surface area (TPSA) is 34.9 Å². The van der Waals surface area contributed by atoms with Gasteiger partial charge in [-0.05, 0) is 35.0 Å². The second-order valence-corrected chi connectivity index (χ2v) is 5.01. The largest absolute Gasteiger partial charge is 0.291 e. The lowest BCUT2D eigenvalue weighted by Crippen LogP contribution is -2.25. The van der Waals surface area contributed by atoms with Gasteiger partial charge in [0.15, 0.2) is 0 Å². The maximum Gasteiger partial charge on any atom is 0.268 e. The summed E-state index contributed by atoms with van der Waals surface area (Å²) in [6, 6.07) is 4.43. The Morgan fingerprint density at radius 1 is 1.50 bits per heavy atom. The first-order valence-corrected chi connectivity index (χ1v) is 6.32. The Balaban J connectivity index is 2.53. The summed E-state index contributed by atoms with van der Waals surface area (Å²) in [6.45, 7) is 1.74. The van der Waals surface area contributed by atoms with Crippen LogP contribution in [-0.2, 0) is 6.54 Å². The van der Waals surface area contributed by atoms with Gasteiger partial charge in [0.2, 0.25) is 0 Å². The normalized spacial score (nSPS) is 10.7. The zero-order chi connectivity index (χ0) is 13.3. The molecule has 0 aliphatic heterocycles. The predicted octanol–water partition coefficient (Wildman–Crippen LogP) is 3.16. The van der Waals surface area contributed by atoms with E-state index in [-0.39, 0.29) is 17.7 Å². The van der Waals surface area contributed by atoms with Crippen LogP contribution in [0.5, 0.6) is 0 Å². The molecule has 0 N–H and O–H groups in total. The van der Waals surface area contributed by atoms with Crippen LogP contribution in [-0.4, -0.2) is 9.55 Å². The summed E-state index contributed by atoms with van der Waals surface area (Å²) in [5.74, 6) is 0.0660. The number of hydrogen-bond acceptors (Lipinski definition) is 2. The summed E-state index contributed by atoms with van der Waals surface area (Å²) in [4.78, 5) is 16.0. The number of aryl methyl sites for hydroxylation is 1. The average molecular weight is 332 g/mol. The molecule has 0 saturated heterocycles. The van der Waals surface area contributed by atoms with Gasteiger partial charge in [0.25, 0.3) is 5.56 Å². The highest BCUT2D eigenvalue weighted by atomic mass is 79.9. The van der Waals surface area contributed by atoms with Crippen LogP contribution in [0.3, 0.4) is 0 Å². The van der Waals surface area contributed by atoms with Crippen molar-refractivity contribution in [1.29, 1.82) is 0 Å². The minimum atomic E-state index is -0.436. The lowest BCUT2D eigenvalue weighted by Gasteiger charge is -2.11. The molecule has 0 saturated carbocycles. The second kappa shape index (κ2) is 5.20. The van der Waals surface area contributed by atoms with Gasteiger partial charge in [-0.3, -0.25) is 9.36 Å². The molecule has 94 valence electrons. The Hall–Kier alpha value is -1.20. The summed E-state index contributed by atoms with van der Waals surface area (Å²) in [7, 11) is 0. The molecular weight excluding hydrogens is 322 g/mol. The SMILES string of the molecule is Cc1ncc(Br)c(=O)n1Cc1c(F)cccc1Cl. The molecule has 0 bridgehead atoms. The highest BCUT2D eigenvalue weighted by Crippen LogP contribution is 2.20. The van der Waals surface area contributed by atoms with E-state index < -0.39 is 5.82 Å². The van der Waals surface area contributed by atoms with Gasteiger partial charge in [0.1, 0.15) is 16.1 Å². The summed E-state index contributed by atoms with van der Waals surface area (Å²) in [5.41, 5.74) is 0.0195. The van der Waals surface area contributed by atoms with E-state index in [1.807, 2.05) is 0 Å². The predicted molar refractivity (Wildman–Crippen MR) is 71.4 cm³/mol. The van der Waals surface area contributed by atoms with Crippen molar-refractivity contribution in [1.82, 2.24) is 9.55 Å². The van der Waals surface area contributed by atoms with E-state index in [0.29, 0.717) is 15.3 Å². The van der Waals surface area contributed by atoms with Crippen molar-refractivity contribution in [2.45, 2.75) is 13.5 Å².